The van der Waals surface area contributed by atoms with E-state index in [4.69, 9.17) is 10.5 Å². The number of nitrogens with two attached hydrogens (primary N) is 1. The van der Waals surface area contributed by atoms with Crippen molar-refractivity contribution >= 4 is 17.5 Å². The highest BCUT2D eigenvalue weighted by Gasteiger charge is 2.28. The lowest BCUT2D eigenvalue weighted by molar-refractivity contribution is -0.126. The summed E-state index contributed by atoms with van der Waals surface area (Å²) < 4.78 is 5.43. The Labute approximate surface area is 104 Å². The maximum atomic E-state index is 11.8. The Morgan fingerprint density at radius 1 is 1.39 bits per heavy atom. The second-order valence-electron chi connectivity index (χ2n) is 4.16. The van der Waals surface area contributed by atoms with Crippen molar-refractivity contribution in [1.29, 1.82) is 0 Å². The first-order valence-corrected chi connectivity index (χ1v) is 5.64. The van der Waals surface area contributed by atoms with Gasteiger partial charge in [-0.15, -0.1) is 0 Å². The van der Waals surface area contributed by atoms with Crippen LogP contribution in [0.2, 0.25) is 0 Å². The van der Waals surface area contributed by atoms with Gasteiger partial charge in [-0.05, 0) is 19.8 Å². The molecule has 0 aliphatic carbocycles. The van der Waals surface area contributed by atoms with E-state index in [2.05, 4.69) is 15.3 Å². The molecule has 0 bridgehead atoms. The minimum atomic E-state index is -0.708. The van der Waals surface area contributed by atoms with E-state index >= 15 is 0 Å². The van der Waals surface area contributed by atoms with E-state index in [9.17, 15) is 9.59 Å². The Kier molecular flexibility index (Phi) is 3.52. The van der Waals surface area contributed by atoms with Crippen molar-refractivity contribution in [3.05, 3.63) is 18.2 Å². The molecule has 1 saturated heterocycles. The highest BCUT2D eigenvalue weighted by Crippen LogP contribution is 2.20. The highest BCUT2D eigenvalue weighted by molar-refractivity contribution is 5.94. The molecule has 0 radical (unpaired) electrons. The summed E-state index contributed by atoms with van der Waals surface area (Å²) in [6.45, 7) is 1.93. The van der Waals surface area contributed by atoms with Crippen LogP contribution >= 0.6 is 0 Å². The topological polar surface area (TPSA) is 107 Å². The van der Waals surface area contributed by atoms with Crippen LogP contribution in [0.5, 0.6) is 0 Å². The quantitative estimate of drug-likeness (QED) is 0.790. The van der Waals surface area contributed by atoms with Crippen LogP contribution in [-0.2, 0) is 9.53 Å². The van der Waals surface area contributed by atoms with E-state index in [1.54, 1.807) is 0 Å². The van der Waals surface area contributed by atoms with E-state index in [-0.39, 0.29) is 17.8 Å². The second kappa shape index (κ2) is 5.09. The number of carbonyl (C=O) groups is 2. The minimum Gasteiger partial charge on any atom is -0.365 e. The Morgan fingerprint density at radius 3 is 2.56 bits per heavy atom. The Morgan fingerprint density at radius 2 is 2.06 bits per heavy atom. The number of nitrogens with zero attached hydrogens (tertiary/aromatic N) is 2. The average molecular weight is 250 g/mol. The molecular weight excluding hydrogens is 236 g/mol. The van der Waals surface area contributed by atoms with Gasteiger partial charge in [0.2, 0.25) is 5.82 Å². The van der Waals surface area contributed by atoms with Gasteiger partial charge in [0.1, 0.15) is 6.10 Å². The Hall–Kier alpha value is -2.02. The van der Waals surface area contributed by atoms with Crippen LogP contribution in [0, 0.1) is 0 Å². The Balaban J connectivity index is 1.97. The summed E-state index contributed by atoms with van der Waals surface area (Å²) >= 11 is 0. The monoisotopic (exact) mass is 250 g/mol. The molecule has 3 N–H and O–H groups in total. The lowest BCUT2D eigenvalue weighted by Gasteiger charge is -2.11. The van der Waals surface area contributed by atoms with Gasteiger partial charge < -0.3 is 15.8 Å². The number of hydrogen-bond acceptors (Lipinski definition) is 5. The largest absolute Gasteiger partial charge is 0.365 e. The van der Waals surface area contributed by atoms with Crippen LogP contribution in [0.25, 0.3) is 0 Å². The maximum absolute atomic E-state index is 11.8. The summed E-state index contributed by atoms with van der Waals surface area (Å²) in [6, 6.07) is 0. The van der Waals surface area contributed by atoms with Gasteiger partial charge in [-0.2, -0.15) is 0 Å². The predicted molar refractivity (Wildman–Crippen MR) is 62.7 cm³/mol. The van der Waals surface area contributed by atoms with Crippen molar-refractivity contribution in [2.75, 3.05) is 5.32 Å². The van der Waals surface area contributed by atoms with Gasteiger partial charge >= 0.3 is 0 Å². The first kappa shape index (κ1) is 12.4. The summed E-state index contributed by atoms with van der Waals surface area (Å²) in [6.07, 6.45) is 3.92. The zero-order chi connectivity index (χ0) is 13.1. The normalized spacial score (nSPS) is 22.7. The summed E-state index contributed by atoms with van der Waals surface area (Å²) in [4.78, 5) is 30.0. The van der Waals surface area contributed by atoms with Crippen molar-refractivity contribution in [1.82, 2.24) is 9.97 Å². The zero-order valence-electron chi connectivity index (χ0n) is 9.92. The molecule has 0 aromatic carbocycles. The SMILES string of the molecule is CC1CCC(C(=O)Nc2cnc(C(N)=O)nc2)O1. The third kappa shape index (κ3) is 2.80. The van der Waals surface area contributed by atoms with Crippen molar-refractivity contribution in [3.8, 4) is 0 Å². The molecule has 2 atom stereocenters. The fourth-order valence-corrected chi connectivity index (χ4v) is 1.74. The minimum absolute atomic E-state index is 0.0845. The third-order valence-corrected chi connectivity index (χ3v) is 2.66. The molecule has 2 unspecified atom stereocenters. The van der Waals surface area contributed by atoms with Crippen molar-refractivity contribution in [2.45, 2.75) is 32.0 Å². The number of carbonyl (C=O) groups excluding carboxylic acids is 2. The molecule has 7 nitrogen and oxygen atoms in total. The number of aromatic nitrogens is 2. The molecule has 2 heterocycles. The molecule has 1 aromatic heterocycles. The predicted octanol–water partition coefficient (Wildman–Crippen LogP) is 0.0815. The van der Waals surface area contributed by atoms with Gasteiger partial charge in [0.05, 0.1) is 24.2 Å². The Bertz CT molecular complexity index is 460. The smallest absolute Gasteiger partial charge is 0.286 e. The lowest BCUT2D eigenvalue weighted by atomic mass is 10.2. The zero-order valence-corrected chi connectivity index (χ0v) is 9.92. The van der Waals surface area contributed by atoms with Gasteiger partial charge in [0.25, 0.3) is 11.8 Å². The maximum Gasteiger partial charge on any atom is 0.286 e. The standard InChI is InChI=1S/C11H14N4O3/c1-6-2-3-8(18-6)11(17)15-7-4-13-10(9(12)16)14-5-7/h4-6,8H,2-3H2,1H3,(H2,12,16)(H,15,17). The van der Waals surface area contributed by atoms with Crippen molar-refractivity contribution in [3.63, 3.8) is 0 Å². The summed E-state index contributed by atoms with van der Waals surface area (Å²) in [7, 11) is 0. The molecular formula is C11H14N4O3. The van der Waals surface area contributed by atoms with Crippen LogP contribution in [-0.4, -0.2) is 34.0 Å². The first-order chi connectivity index (χ1) is 8.56. The fraction of sp³-hybridized carbons (Fsp3) is 0.455. The number of primary amides is 1. The van der Waals surface area contributed by atoms with E-state index in [0.29, 0.717) is 12.1 Å². The van der Waals surface area contributed by atoms with Gasteiger partial charge in [0.15, 0.2) is 0 Å². The lowest BCUT2D eigenvalue weighted by Crippen LogP contribution is -2.28. The average Bonchev–Trinajstić information content (AvgIpc) is 2.76. The molecule has 18 heavy (non-hydrogen) atoms. The van der Waals surface area contributed by atoms with Crippen LogP contribution < -0.4 is 11.1 Å². The highest BCUT2D eigenvalue weighted by atomic mass is 16.5. The number of rotatable bonds is 3. The molecule has 1 aliphatic heterocycles. The van der Waals surface area contributed by atoms with Crippen LogP contribution in [0.4, 0.5) is 5.69 Å². The number of amides is 2. The van der Waals surface area contributed by atoms with E-state index in [1.807, 2.05) is 6.92 Å². The molecule has 2 rings (SSSR count). The molecule has 96 valence electrons. The molecule has 0 saturated carbocycles. The van der Waals surface area contributed by atoms with Gasteiger partial charge in [-0.3, -0.25) is 9.59 Å². The molecule has 1 aliphatic rings. The summed E-state index contributed by atoms with van der Waals surface area (Å²) in [5, 5.41) is 2.63. The molecule has 1 fully saturated rings. The van der Waals surface area contributed by atoms with Crippen molar-refractivity contribution < 1.29 is 14.3 Å². The number of nitrogens with one attached hydrogen (secondary N) is 1. The number of ether oxygens (including phenoxy) is 1. The molecule has 2 amide bonds. The van der Waals surface area contributed by atoms with Crippen LogP contribution in [0.15, 0.2) is 12.4 Å². The molecule has 1 aromatic rings. The van der Waals surface area contributed by atoms with Gasteiger partial charge in [-0.1, -0.05) is 0 Å². The van der Waals surface area contributed by atoms with E-state index in [0.717, 1.165) is 6.42 Å². The fourth-order valence-electron chi connectivity index (χ4n) is 1.74. The van der Waals surface area contributed by atoms with Crippen molar-refractivity contribution in [2.24, 2.45) is 5.73 Å². The van der Waals surface area contributed by atoms with Gasteiger partial charge in [-0.25, -0.2) is 9.97 Å². The summed E-state index contributed by atoms with van der Waals surface area (Å²) in [5.74, 6) is -1.02. The second-order valence-corrected chi connectivity index (χ2v) is 4.16. The third-order valence-electron chi connectivity index (χ3n) is 2.66. The number of hydrogen-bond donors (Lipinski definition) is 2. The molecule has 7 heteroatoms. The van der Waals surface area contributed by atoms with Crippen LogP contribution in [0.1, 0.15) is 30.4 Å². The van der Waals surface area contributed by atoms with E-state index in [1.165, 1.54) is 12.4 Å². The first-order valence-electron chi connectivity index (χ1n) is 5.64. The van der Waals surface area contributed by atoms with E-state index < -0.39 is 12.0 Å². The van der Waals surface area contributed by atoms with Gasteiger partial charge in [0, 0.05) is 0 Å². The number of anilines is 1. The van der Waals surface area contributed by atoms with Crippen LogP contribution in [0.3, 0.4) is 0 Å². The molecule has 0 spiro atoms. The summed E-state index contributed by atoms with van der Waals surface area (Å²) in [5.41, 5.74) is 5.42.